The first-order valence-electron chi connectivity index (χ1n) is 4.81. The Morgan fingerprint density at radius 2 is 2.33 bits per heavy atom. The van der Waals surface area contributed by atoms with Crippen LogP contribution in [-0.2, 0) is 6.54 Å². The summed E-state index contributed by atoms with van der Waals surface area (Å²) in [6.45, 7) is 2.49. The fourth-order valence-corrected chi connectivity index (χ4v) is 1.49. The van der Waals surface area contributed by atoms with Crippen LogP contribution >= 0.6 is 23.2 Å². The monoisotopic (exact) mass is 245 g/mol. The molecule has 0 N–H and O–H groups in total. The van der Waals surface area contributed by atoms with E-state index in [4.69, 9.17) is 23.2 Å². The van der Waals surface area contributed by atoms with Crippen molar-refractivity contribution in [1.29, 1.82) is 0 Å². The van der Waals surface area contributed by atoms with Crippen LogP contribution in [0.1, 0.15) is 30.1 Å². The van der Waals surface area contributed by atoms with E-state index in [1.165, 1.54) is 5.54 Å². The van der Waals surface area contributed by atoms with Crippen molar-refractivity contribution in [1.82, 2.24) is 4.57 Å². The number of nitrogens with zero attached hydrogens (tertiary/aromatic N) is 1. The van der Waals surface area contributed by atoms with Crippen molar-refractivity contribution in [3.05, 3.63) is 34.6 Å². The second-order valence-electron chi connectivity index (χ2n) is 3.30. The quantitative estimate of drug-likeness (QED) is 0.724. The maximum absolute atomic E-state index is 11.5. The predicted octanol–water partition coefficient (Wildman–Crippen LogP) is 3.79. The van der Waals surface area contributed by atoms with Crippen molar-refractivity contribution >= 4 is 29.0 Å². The zero-order valence-corrected chi connectivity index (χ0v) is 10.1. The summed E-state index contributed by atoms with van der Waals surface area (Å²) in [5, 5.41) is 0.543. The van der Waals surface area contributed by atoms with Crippen molar-refractivity contribution in [3.63, 3.8) is 0 Å². The number of hydrogen-bond donors (Lipinski definition) is 0. The van der Waals surface area contributed by atoms with Crippen LogP contribution in [0.4, 0.5) is 0 Å². The molecule has 2 nitrogen and oxygen atoms in total. The summed E-state index contributed by atoms with van der Waals surface area (Å²) in [7, 11) is 0. The first kappa shape index (κ1) is 12.3. The minimum Gasteiger partial charge on any atom is -0.348 e. The molecule has 1 aromatic heterocycles. The summed E-state index contributed by atoms with van der Waals surface area (Å²) in [6, 6.07) is 1.80. The van der Waals surface area contributed by atoms with E-state index in [0.29, 0.717) is 18.0 Å². The summed E-state index contributed by atoms with van der Waals surface area (Å²) in [4.78, 5) is 11.5. The van der Waals surface area contributed by atoms with Gasteiger partial charge in [-0.15, -0.1) is 0 Å². The van der Waals surface area contributed by atoms with E-state index in [1.54, 1.807) is 12.3 Å². The Kier molecular flexibility index (Phi) is 4.92. The molecule has 15 heavy (non-hydrogen) atoms. The van der Waals surface area contributed by atoms with Crippen LogP contribution in [-0.4, -0.2) is 10.4 Å². The topological polar surface area (TPSA) is 22.0 Å². The van der Waals surface area contributed by atoms with Gasteiger partial charge in [-0.3, -0.25) is 4.79 Å². The van der Waals surface area contributed by atoms with Gasteiger partial charge in [-0.05, 0) is 12.5 Å². The molecule has 0 aliphatic rings. The fraction of sp³-hybridized carbons (Fsp3) is 0.364. The van der Waals surface area contributed by atoms with Crippen LogP contribution in [0.5, 0.6) is 0 Å². The van der Waals surface area contributed by atoms with E-state index in [1.807, 2.05) is 17.7 Å². The molecule has 0 atom stereocenters. The number of Topliss-reactive ketones (excluding diaryl/α,β-unsaturated/α-hetero) is 1. The Morgan fingerprint density at radius 1 is 1.60 bits per heavy atom. The van der Waals surface area contributed by atoms with Crippen molar-refractivity contribution in [2.45, 2.75) is 26.3 Å². The second-order valence-corrected chi connectivity index (χ2v) is 4.01. The molecule has 0 fully saturated rings. The molecule has 0 radical (unpaired) electrons. The lowest BCUT2D eigenvalue weighted by molar-refractivity contribution is 0.0981. The molecule has 0 amide bonds. The Bertz CT molecular complexity index is 368. The number of allylic oxidation sites excluding steroid dienone is 1. The van der Waals surface area contributed by atoms with Crippen LogP contribution in [0.3, 0.4) is 0 Å². The Morgan fingerprint density at radius 3 is 2.93 bits per heavy atom. The number of halogens is 2. The lowest BCUT2D eigenvalue weighted by atomic mass is 10.1. The number of carbonyl (C=O) groups excluding carboxylic acids is 1. The highest BCUT2D eigenvalue weighted by Crippen LogP contribution is 2.11. The minimum atomic E-state index is 0.169. The van der Waals surface area contributed by atoms with E-state index < -0.39 is 0 Å². The second kappa shape index (κ2) is 5.99. The Hall–Kier alpha value is -0.730. The smallest absolute Gasteiger partial charge is 0.164 e. The number of hydrogen-bond acceptors (Lipinski definition) is 1. The standard InChI is InChI=1S/C11H13Cl2NO/c1-2-3-11(15)9-4-5-14(7-9)8-10(13)6-12/h4-7H,2-3,8H2,1H3. The molecule has 0 aromatic carbocycles. The highest BCUT2D eigenvalue weighted by molar-refractivity contribution is 6.36. The van der Waals surface area contributed by atoms with E-state index in [9.17, 15) is 4.79 Å². The van der Waals surface area contributed by atoms with Gasteiger partial charge in [0.05, 0.1) is 6.54 Å². The van der Waals surface area contributed by atoms with Gasteiger partial charge in [-0.25, -0.2) is 0 Å². The van der Waals surface area contributed by atoms with E-state index in [2.05, 4.69) is 0 Å². The van der Waals surface area contributed by atoms with Gasteiger partial charge in [0.1, 0.15) is 0 Å². The molecular weight excluding hydrogens is 233 g/mol. The van der Waals surface area contributed by atoms with Crippen LogP contribution in [0.2, 0.25) is 0 Å². The van der Waals surface area contributed by atoms with E-state index >= 15 is 0 Å². The summed E-state index contributed by atoms with van der Waals surface area (Å²) < 4.78 is 1.84. The zero-order chi connectivity index (χ0) is 11.3. The third kappa shape index (κ3) is 3.73. The number of carbonyl (C=O) groups is 1. The molecule has 1 rings (SSSR count). The highest BCUT2D eigenvalue weighted by Gasteiger charge is 2.06. The summed E-state index contributed by atoms with van der Waals surface area (Å²) in [5.41, 5.74) is 2.06. The van der Waals surface area contributed by atoms with Crippen LogP contribution in [0.25, 0.3) is 0 Å². The van der Waals surface area contributed by atoms with Gasteiger partial charge in [-0.1, -0.05) is 30.1 Å². The third-order valence-corrected chi connectivity index (χ3v) is 2.61. The molecule has 4 heteroatoms. The molecule has 0 bridgehead atoms. The Balaban J connectivity index is 2.68. The molecule has 0 aliphatic heterocycles. The first-order chi connectivity index (χ1) is 7.17. The lowest BCUT2D eigenvalue weighted by Crippen LogP contribution is -1.97. The van der Waals surface area contributed by atoms with Gasteiger partial charge in [0.15, 0.2) is 5.78 Å². The lowest BCUT2D eigenvalue weighted by Gasteiger charge is -1.99. The molecule has 0 saturated carbocycles. The average molecular weight is 246 g/mol. The van der Waals surface area contributed by atoms with Gasteiger partial charge in [0.2, 0.25) is 0 Å². The summed E-state index contributed by atoms with van der Waals surface area (Å²) in [5.74, 6) is 0.169. The van der Waals surface area contributed by atoms with Crippen molar-refractivity contribution in [2.75, 3.05) is 0 Å². The molecule has 0 saturated heterocycles. The van der Waals surface area contributed by atoms with Crippen molar-refractivity contribution in [3.8, 4) is 0 Å². The van der Waals surface area contributed by atoms with Gasteiger partial charge < -0.3 is 4.57 Å². The molecule has 0 aliphatic carbocycles. The SMILES string of the molecule is CCCC(=O)c1ccn(CC(Cl)=CCl)c1. The molecule has 1 aromatic rings. The third-order valence-electron chi connectivity index (χ3n) is 2.00. The van der Waals surface area contributed by atoms with Crippen LogP contribution in [0, 0.1) is 0 Å². The van der Waals surface area contributed by atoms with Crippen molar-refractivity contribution < 1.29 is 4.79 Å². The zero-order valence-electron chi connectivity index (χ0n) is 8.54. The molecule has 0 unspecified atom stereocenters. The maximum atomic E-state index is 11.5. The molecule has 82 valence electrons. The predicted molar refractivity (Wildman–Crippen MR) is 63.5 cm³/mol. The van der Waals surface area contributed by atoms with Gasteiger partial charge in [0.25, 0.3) is 0 Å². The fourth-order valence-electron chi connectivity index (χ4n) is 1.28. The highest BCUT2D eigenvalue weighted by atomic mass is 35.5. The number of ketones is 1. The summed E-state index contributed by atoms with van der Waals surface area (Å²) >= 11 is 11.2. The summed E-state index contributed by atoms with van der Waals surface area (Å²) in [6.07, 6.45) is 5.07. The number of rotatable bonds is 5. The van der Waals surface area contributed by atoms with Crippen LogP contribution in [0.15, 0.2) is 29.0 Å². The van der Waals surface area contributed by atoms with Gasteiger partial charge in [0, 0.05) is 34.9 Å². The maximum Gasteiger partial charge on any atom is 0.164 e. The van der Waals surface area contributed by atoms with Crippen molar-refractivity contribution in [2.24, 2.45) is 0 Å². The first-order valence-corrected chi connectivity index (χ1v) is 5.62. The van der Waals surface area contributed by atoms with E-state index in [0.717, 1.165) is 12.0 Å². The Labute approximate surface area is 99.5 Å². The largest absolute Gasteiger partial charge is 0.348 e. The molecule has 1 heterocycles. The van der Waals surface area contributed by atoms with E-state index in [-0.39, 0.29) is 5.78 Å². The van der Waals surface area contributed by atoms with Crippen LogP contribution < -0.4 is 0 Å². The van der Waals surface area contributed by atoms with Gasteiger partial charge >= 0.3 is 0 Å². The normalized spacial score (nSPS) is 11.8. The van der Waals surface area contributed by atoms with Gasteiger partial charge in [-0.2, -0.15) is 0 Å². The number of aromatic nitrogens is 1. The molecule has 0 spiro atoms. The molecular formula is C11H13Cl2NO. The minimum absolute atomic E-state index is 0.169. The average Bonchev–Trinajstić information content (AvgIpc) is 2.66.